The van der Waals surface area contributed by atoms with Crippen molar-refractivity contribution in [2.75, 3.05) is 7.11 Å². The van der Waals surface area contributed by atoms with Crippen molar-refractivity contribution in [3.05, 3.63) is 72.7 Å². The van der Waals surface area contributed by atoms with E-state index >= 15 is 0 Å². The number of nitrogens with zero attached hydrogens (tertiary/aromatic N) is 2. The summed E-state index contributed by atoms with van der Waals surface area (Å²) in [5.74, 6) is 0.941. The van der Waals surface area contributed by atoms with E-state index in [-0.39, 0.29) is 5.69 Å². The van der Waals surface area contributed by atoms with E-state index in [2.05, 4.69) is 9.97 Å². The van der Waals surface area contributed by atoms with Gasteiger partial charge in [0.25, 0.3) is 0 Å². The molecule has 0 radical (unpaired) electrons. The molecule has 114 valence electrons. The van der Waals surface area contributed by atoms with Gasteiger partial charge in [0.15, 0.2) is 5.69 Å². The smallest absolute Gasteiger partial charge is 0.358 e. The van der Waals surface area contributed by atoms with Crippen LogP contribution in [0.3, 0.4) is 0 Å². The Labute approximate surface area is 133 Å². The molecule has 0 saturated carbocycles. The van der Waals surface area contributed by atoms with E-state index in [9.17, 15) is 4.79 Å². The number of ether oxygens (including phenoxy) is 2. The highest BCUT2D eigenvalue weighted by atomic mass is 16.5. The summed E-state index contributed by atoms with van der Waals surface area (Å²) in [6.07, 6.45) is 3.00. The molecule has 2 aromatic carbocycles. The summed E-state index contributed by atoms with van der Waals surface area (Å²) in [6.45, 7) is 0. The molecule has 23 heavy (non-hydrogen) atoms. The first-order valence-electron chi connectivity index (χ1n) is 7.00. The Morgan fingerprint density at radius 2 is 1.52 bits per heavy atom. The molecular weight excluding hydrogens is 292 g/mol. The minimum atomic E-state index is -0.516. The molecule has 0 N–H and O–H groups in total. The zero-order valence-electron chi connectivity index (χ0n) is 12.5. The number of methoxy groups -OCH3 is 1. The van der Waals surface area contributed by atoms with E-state index in [4.69, 9.17) is 9.47 Å². The fraction of sp³-hybridized carbons (Fsp3) is 0.0556. The second-order valence-electron chi connectivity index (χ2n) is 4.68. The van der Waals surface area contributed by atoms with Gasteiger partial charge < -0.3 is 9.47 Å². The largest absolute Gasteiger partial charge is 0.464 e. The molecule has 0 aliphatic heterocycles. The SMILES string of the molecule is COC(=O)c1nccnc1-c1ccc(Oc2ccccc2)cc1. The highest BCUT2D eigenvalue weighted by molar-refractivity contribution is 5.93. The van der Waals surface area contributed by atoms with Crippen LogP contribution in [-0.2, 0) is 4.74 Å². The van der Waals surface area contributed by atoms with Gasteiger partial charge in [-0.1, -0.05) is 18.2 Å². The third kappa shape index (κ3) is 3.35. The third-order valence-corrected chi connectivity index (χ3v) is 3.18. The third-order valence-electron chi connectivity index (χ3n) is 3.18. The average Bonchev–Trinajstić information content (AvgIpc) is 2.62. The van der Waals surface area contributed by atoms with Gasteiger partial charge in [0.2, 0.25) is 0 Å². The van der Waals surface area contributed by atoms with Crippen molar-refractivity contribution >= 4 is 5.97 Å². The van der Waals surface area contributed by atoms with Crippen LogP contribution in [-0.4, -0.2) is 23.0 Å². The topological polar surface area (TPSA) is 61.3 Å². The average molecular weight is 306 g/mol. The van der Waals surface area contributed by atoms with E-state index < -0.39 is 5.97 Å². The molecule has 3 aromatic rings. The van der Waals surface area contributed by atoms with Gasteiger partial charge in [-0.05, 0) is 36.4 Å². The predicted octanol–water partition coefficient (Wildman–Crippen LogP) is 3.72. The summed E-state index contributed by atoms with van der Waals surface area (Å²) in [6, 6.07) is 16.8. The molecule has 5 nitrogen and oxygen atoms in total. The van der Waals surface area contributed by atoms with Gasteiger partial charge >= 0.3 is 5.97 Å². The minimum Gasteiger partial charge on any atom is -0.464 e. The maximum atomic E-state index is 11.8. The zero-order valence-corrected chi connectivity index (χ0v) is 12.5. The van der Waals surface area contributed by atoms with Crippen LogP contribution in [0.4, 0.5) is 0 Å². The lowest BCUT2D eigenvalue weighted by atomic mass is 10.1. The molecule has 0 aliphatic carbocycles. The predicted molar refractivity (Wildman–Crippen MR) is 85.3 cm³/mol. The molecule has 0 fully saturated rings. The number of aromatic nitrogens is 2. The van der Waals surface area contributed by atoms with Crippen LogP contribution >= 0.6 is 0 Å². The van der Waals surface area contributed by atoms with Crippen molar-refractivity contribution in [1.29, 1.82) is 0 Å². The van der Waals surface area contributed by atoms with Gasteiger partial charge in [-0.15, -0.1) is 0 Å². The van der Waals surface area contributed by atoms with Crippen LogP contribution in [0.15, 0.2) is 67.0 Å². The lowest BCUT2D eigenvalue weighted by Gasteiger charge is -2.08. The lowest BCUT2D eigenvalue weighted by Crippen LogP contribution is -2.07. The number of esters is 1. The fourth-order valence-corrected chi connectivity index (χ4v) is 2.10. The Kier molecular flexibility index (Phi) is 4.29. The number of carbonyl (C=O) groups excluding carboxylic acids is 1. The standard InChI is InChI=1S/C18H14N2O3/c1-22-18(21)17-16(19-11-12-20-17)13-7-9-15(10-8-13)23-14-5-3-2-4-6-14/h2-12H,1H3. The van der Waals surface area contributed by atoms with Gasteiger partial charge in [-0.25, -0.2) is 9.78 Å². The highest BCUT2D eigenvalue weighted by Gasteiger charge is 2.15. The highest BCUT2D eigenvalue weighted by Crippen LogP contribution is 2.26. The summed E-state index contributed by atoms with van der Waals surface area (Å²) < 4.78 is 10.5. The molecular formula is C18H14N2O3. The van der Waals surface area contributed by atoms with Gasteiger partial charge in [-0.3, -0.25) is 4.98 Å². The number of carbonyl (C=O) groups is 1. The van der Waals surface area contributed by atoms with Gasteiger partial charge in [0, 0.05) is 18.0 Å². The molecule has 0 atom stereocenters. The van der Waals surface area contributed by atoms with Crippen LogP contribution in [0.1, 0.15) is 10.5 Å². The maximum absolute atomic E-state index is 11.8. The second-order valence-corrected chi connectivity index (χ2v) is 4.68. The van der Waals surface area contributed by atoms with Gasteiger partial charge in [0.05, 0.1) is 7.11 Å². The number of hydrogen-bond acceptors (Lipinski definition) is 5. The van der Waals surface area contributed by atoms with Crippen LogP contribution in [0.2, 0.25) is 0 Å². The van der Waals surface area contributed by atoms with Crippen LogP contribution < -0.4 is 4.74 Å². The van der Waals surface area contributed by atoms with Gasteiger partial charge in [0.1, 0.15) is 17.2 Å². The van der Waals surface area contributed by atoms with Crippen molar-refractivity contribution in [2.45, 2.75) is 0 Å². The molecule has 3 rings (SSSR count). The summed E-state index contributed by atoms with van der Waals surface area (Å²) in [7, 11) is 1.32. The summed E-state index contributed by atoms with van der Waals surface area (Å²) in [5.41, 5.74) is 1.43. The van der Waals surface area contributed by atoms with Crippen LogP contribution in [0.25, 0.3) is 11.3 Å². The summed E-state index contributed by atoms with van der Waals surface area (Å²) >= 11 is 0. The second kappa shape index (κ2) is 6.70. The van der Waals surface area contributed by atoms with Crippen LogP contribution in [0, 0.1) is 0 Å². The molecule has 0 spiro atoms. The Hall–Kier alpha value is -3.21. The number of hydrogen-bond donors (Lipinski definition) is 0. The number of rotatable bonds is 4. The summed E-state index contributed by atoms with van der Waals surface area (Å²) in [4.78, 5) is 20.0. The molecule has 5 heteroatoms. The van der Waals surface area contributed by atoms with E-state index in [1.807, 2.05) is 54.6 Å². The molecule has 0 bridgehead atoms. The van der Waals surface area contributed by atoms with E-state index in [1.165, 1.54) is 19.5 Å². The maximum Gasteiger partial charge on any atom is 0.358 e. The number of para-hydroxylation sites is 1. The lowest BCUT2D eigenvalue weighted by molar-refractivity contribution is 0.0594. The van der Waals surface area contributed by atoms with Crippen molar-refractivity contribution in [2.24, 2.45) is 0 Å². The first-order chi connectivity index (χ1) is 11.3. The first-order valence-corrected chi connectivity index (χ1v) is 7.00. The zero-order chi connectivity index (χ0) is 16.1. The monoisotopic (exact) mass is 306 g/mol. The van der Waals surface area contributed by atoms with E-state index in [0.717, 1.165) is 11.3 Å². The molecule has 0 unspecified atom stereocenters. The molecule has 0 amide bonds. The molecule has 1 aromatic heterocycles. The number of benzene rings is 2. The van der Waals surface area contributed by atoms with E-state index in [1.54, 1.807) is 0 Å². The van der Waals surface area contributed by atoms with Crippen LogP contribution in [0.5, 0.6) is 11.5 Å². The van der Waals surface area contributed by atoms with Crippen molar-refractivity contribution < 1.29 is 14.3 Å². The Balaban J connectivity index is 1.87. The normalized spacial score (nSPS) is 10.1. The van der Waals surface area contributed by atoms with Crippen molar-refractivity contribution in [1.82, 2.24) is 9.97 Å². The fourth-order valence-electron chi connectivity index (χ4n) is 2.10. The van der Waals surface area contributed by atoms with Gasteiger partial charge in [-0.2, -0.15) is 0 Å². The van der Waals surface area contributed by atoms with E-state index in [0.29, 0.717) is 11.4 Å². The Bertz CT molecular complexity index is 802. The Morgan fingerprint density at radius 1 is 0.870 bits per heavy atom. The Morgan fingerprint density at radius 3 is 2.22 bits per heavy atom. The van der Waals surface area contributed by atoms with Crippen molar-refractivity contribution in [3.63, 3.8) is 0 Å². The summed E-state index contributed by atoms with van der Waals surface area (Å²) in [5, 5.41) is 0. The van der Waals surface area contributed by atoms with Crippen molar-refractivity contribution in [3.8, 4) is 22.8 Å². The molecule has 1 heterocycles. The molecule has 0 aliphatic rings. The minimum absolute atomic E-state index is 0.187. The first kappa shape index (κ1) is 14.7. The quantitative estimate of drug-likeness (QED) is 0.687. The molecule has 0 saturated heterocycles.